The Hall–Kier alpha value is -2.17. The van der Waals surface area contributed by atoms with Crippen molar-refractivity contribution in [2.75, 3.05) is 16.9 Å². The monoisotopic (exact) mass is 635 g/mol. The maximum absolute atomic E-state index is 12.4. The Morgan fingerprint density at radius 2 is 1.89 bits per heavy atom. The zero-order valence-electron chi connectivity index (χ0n) is 21.3. The van der Waals surface area contributed by atoms with Crippen molar-refractivity contribution in [2.24, 2.45) is 13.0 Å². The molecule has 0 saturated heterocycles. The zero-order valence-corrected chi connectivity index (χ0v) is 25.3. The molecule has 3 heterocycles. The number of pyridine rings is 1. The van der Waals surface area contributed by atoms with Gasteiger partial charge < -0.3 is 15.2 Å². The molecular formula is C25H31IN7OPS. The van der Waals surface area contributed by atoms with Crippen LogP contribution in [0.4, 0.5) is 17.2 Å². The topological polar surface area (TPSA) is 89.7 Å². The number of aromatic nitrogens is 5. The van der Waals surface area contributed by atoms with Gasteiger partial charge in [-0.25, -0.2) is 15.0 Å². The highest BCUT2D eigenvalue weighted by atomic mass is 127. The Kier molecular flexibility index (Phi) is 8.57. The maximum Gasteiger partial charge on any atom is 0.228 e. The first kappa shape index (κ1) is 26.9. The third kappa shape index (κ3) is 5.55. The minimum Gasteiger partial charge on any atom is -0.353 e. The second kappa shape index (κ2) is 11.5. The van der Waals surface area contributed by atoms with Gasteiger partial charge >= 0.3 is 0 Å². The first-order chi connectivity index (χ1) is 17.4. The Morgan fingerprint density at radius 1 is 1.14 bits per heavy atom. The van der Waals surface area contributed by atoms with Crippen LogP contribution < -0.4 is 10.6 Å². The summed E-state index contributed by atoms with van der Waals surface area (Å²) >= 11 is 4.00. The van der Waals surface area contributed by atoms with Crippen molar-refractivity contribution in [3.63, 3.8) is 0 Å². The Labute approximate surface area is 230 Å². The largest absolute Gasteiger partial charge is 0.353 e. The number of rotatable bonds is 7. The van der Waals surface area contributed by atoms with Crippen molar-refractivity contribution in [3.05, 3.63) is 42.0 Å². The Bertz CT molecular complexity index is 1410. The molecule has 11 heteroatoms. The lowest BCUT2D eigenvalue weighted by Crippen LogP contribution is -2.14. The van der Waals surface area contributed by atoms with E-state index in [-0.39, 0.29) is 11.8 Å². The van der Waals surface area contributed by atoms with E-state index in [0.717, 1.165) is 63.2 Å². The molecule has 0 bridgehead atoms. The number of imidazole rings is 2. The first-order valence-corrected chi connectivity index (χ1v) is 17.2. The third-order valence-corrected chi connectivity index (χ3v) is 8.72. The predicted octanol–water partition coefficient (Wildman–Crippen LogP) is 7.08. The van der Waals surface area contributed by atoms with E-state index in [1.54, 1.807) is 11.8 Å². The summed E-state index contributed by atoms with van der Waals surface area (Å²) in [6.07, 6.45) is 6.45. The van der Waals surface area contributed by atoms with Gasteiger partial charge in [-0.05, 0) is 73.2 Å². The van der Waals surface area contributed by atoms with Gasteiger partial charge in [-0.15, -0.1) is 11.8 Å². The van der Waals surface area contributed by atoms with E-state index >= 15 is 0 Å². The van der Waals surface area contributed by atoms with Crippen LogP contribution in [0.3, 0.4) is 0 Å². The van der Waals surface area contributed by atoms with Crippen LogP contribution in [0.25, 0.3) is 22.6 Å². The Morgan fingerprint density at radius 3 is 2.50 bits per heavy atom. The fourth-order valence-corrected chi connectivity index (χ4v) is 6.68. The molecular weight excluding hydrogens is 604 g/mol. The minimum absolute atomic E-state index is 0.0389. The summed E-state index contributed by atoms with van der Waals surface area (Å²) in [5, 5.41) is 6.58. The minimum atomic E-state index is 0.0389. The number of anilines is 3. The lowest BCUT2D eigenvalue weighted by Gasteiger charge is -2.14. The molecule has 3 aromatic heterocycles. The summed E-state index contributed by atoms with van der Waals surface area (Å²) < 4.78 is 4.12. The molecule has 1 aromatic carbocycles. The van der Waals surface area contributed by atoms with Crippen molar-refractivity contribution in [2.45, 2.75) is 45.4 Å². The molecule has 8 nitrogen and oxygen atoms in total. The van der Waals surface area contributed by atoms with Gasteiger partial charge in [0.25, 0.3) is 0 Å². The highest BCUT2D eigenvalue weighted by molar-refractivity contribution is 14.2. The average Bonchev–Trinajstić information content (AvgIpc) is 3.60. The second-order valence-corrected chi connectivity index (χ2v) is 11.3. The van der Waals surface area contributed by atoms with E-state index in [9.17, 15) is 4.79 Å². The molecule has 1 aliphatic carbocycles. The van der Waals surface area contributed by atoms with Gasteiger partial charge in [0.2, 0.25) is 5.91 Å². The van der Waals surface area contributed by atoms with E-state index in [2.05, 4.69) is 66.5 Å². The van der Waals surface area contributed by atoms with Crippen LogP contribution in [-0.2, 0) is 11.8 Å². The molecule has 0 aliphatic heterocycles. The summed E-state index contributed by atoms with van der Waals surface area (Å²) in [4.78, 5) is 27.7. The third-order valence-electron chi connectivity index (χ3n) is 5.79. The molecule has 1 saturated carbocycles. The molecule has 0 spiro atoms. The second-order valence-electron chi connectivity index (χ2n) is 8.43. The number of aryl methyl sites for hydroxylation is 3. The summed E-state index contributed by atoms with van der Waals surface area (Å²) in [5.41, 5.74) is 5.41. The smallest absolute Gasteiger partial charge is 0.228 e. The van der Waals surface area contributed by atoms with Crippen LogP contribution >= 0.6 is 40.2 Å². The predicted molar refractivity (Wildman–Crippen MR) is 161 cm³/mol. The van der Waals surface area contributed by atoms with Crippen LogP contribution in [0.1, 0.15) is 38.2 Å². The van der Waals surface area contributed by atoms with Gasteiger partial charge in [0.1, 0.15) is 23.0 Å². The molecule has 36 heavy (non-hydrogen) atoms. The molecule has 1 atom stereocenters. The van der Waals surface area contributed by atoms with Gasteiger partial charge in [0.15, 0.2) is 5.65 Å². The number of fused-ring (bicyclic) bond motifs is 1. The summed E-state index contributed by atoms with van der Waals surface area (Å²) in [5.74, 6) is 2.53. The number of benzene rings is 1. The normalized spacial score (nSPS) is 13.2. The highest BCUT2D eigenvalue weighted by Crippen LogP contribution is 2.38. The molecule has 1 unspecified atom stereocenters. The van der Waals surface area contributed by atoms with E-state index in [4.69, 9.17) is 9.97 Å². The van der Waals surface area contributed by atoms with Crippen LogP contribution in [-0.4, -0.2) is 36.0 Å². The van der Waals surface area contributed by atoms with Crippen LogP contribution in [0.5, 0.6) is 0 Å². The van der Waals surface area contributed by atoms with Gasteiger partial charge in [0, 0.05) is 35.7 Å². The lowest BCUT2D eigenvalue weighted by atomic mass is 10.2. The Balaban J connectivity index is 0.00000148. The van der Waals surface area contributed by atoms with Crippen molar-refractivity contribution in [1.82, 2.24) is 23.9 Å². The number of nitrogens with zero attached hydrogens (tertiary/aromatic N) is 5. The summed E-state index contributed by atoms with van der Waals surface area (Å²) in [6, 6.07) is 8.19. The summed E-state index contributed by atoms with van der Waals surface area (Å²) in [7, 11) is 2.01. The zero-order chi connectivity index (χ0) is 26.0. The van der Waals surface area contributed by atoms with Gasteiger partial charge in [-0.3, -0.25) is 9.13 Å². The van der Waals surface area contributed by atoms with Gasteiger partial charge in [-0.1, -0.05) is 13.8 Å². The molecule has 1 amide bonds. The summed E-state index contributed by atoms with van der Waals surface area (Å²) in [6.45, 7) is 7.98. The maximum atomic E-state index is 12.4. The van der Waals surface area contributed by atoms with Crippen molar-refractivity contribution < 1.29 is 4.79 Å². The molecule has 1 fully saturated rings. The molecule has 1 aliphatic rings. The van der Waals surface area contributed by atoms with Gasteiger partial charge in [0.05, 0.1) is 23.4 Å². The number of nitrogens with one attached hydrogen (secondary N) is 2. The number of halogens is 1. The molecule has 5 rings (SSSR count). The van der Waals surface area contributed by atoms with Crippen LogP contribution in [0, 0.1) is 19.8 Å². The quantitative estimate of drug-likeness (QED) is 0.128. The number of amides is 1. The number of hydrogen-bond acceptors (Lipinski definition) is 6. The first-order valence-electron chi connectivity index (χ1n) is 11.9. The standard InChI is InChI=1S/C23H25IN7OPS.C2H6/c1-12-11-30(3)21(25-12)15-7-8-16(18(9-15)34-4)27-17-10-19(29-23(32)14-5-6-14)28-22-20(17)26-13(2)31(22)33-24;1-2/h7-11,14,33H,5-6H2,1-4H3,(H2,27,28,29,32);1-2H3. The fraction of sp³-hybridized carbons (Fsp3) is 0.360. The molecule has 2 N–H and O–H groups in total. The molecule has 190 valence electrons. The highest BCUT2D eigenvalue weighted by Gasteiger charge is 2.30. The van der Waals surface area contributed by atoms with Crippen LogP contribution in [0.15, 0.2) is 35.4 Å². The molecule has 4 aromatic rings. The van der Waals surface area contributed by atoms with E-state index in [1.165, 1.54) is 0 Å². The number of carbonyl (C=O) groups is 1. The van der Waals surface area contributed by atoms with Crippen molar-refractivity contribution in [1.29, 1.82) is 0 Å². The van der Waals surface area contributed by atoms with Crippen molar-refractivity contribution in [3.8, 4) is 11.4 Å². The van der Waals surface area contributed by atoms with Crippen LogP contribution in [0.2, 0.25) is 0 Å². The average molecular weight is 636 g/mol. The number of thioether (sulfide) groups is 1. The van der Waals surface area contributed by atoms with E-state index < -0.39 is 0 Å². The van der Waals surface area contributed by atoms with E-state index in [0.29, 0.717) is 12.2 Å². The fourth-order valence-electron chi connectivity index (χ4n) is 3.95. The van der Waals surface area contributed by atoms with Gasteiger partial charge in [-0.2, -0.15) is 0 Å². The molecule has 0 radical (unpaired) electrons. The van der Waals surface area contributed by atoms with Crippen molar-refractivity contribution >= 4 is 74.4 Å². The lowest BCUT2D eigenvalue weighted by molar-refractivity contribution is -0.117. The SMILES string of the molecule is CC.CSc1cc(-c2nc(C)cn2C)ccc1Nc1cc(NC(=O)C2CC2)nc2c1nc(C)n2PI. The number of hydrogen-bond donors (Lipinski definition) is 2. The van der Waals surface area contributed by atoms with E-state index in [1.807, 2.05) is 51.6 Å². The number of carbonyl (C=O) groups excluding carboxylic acids is 1.